The zero-order chi connectivity index (χ0) is 51.2. The van der Waals surface area contributed by atoms with Crippen molar-refractivity contribution >= 4 is 90.9 Å². The van der Waals surface area contributed by atoms with Gasteiger partial charge in [0, 0.05) is 87.8 Å². The SMILES string of the molecule is Cc1ccc(-c2ccc(N(c3ccccc3)c3ccc(N(c4ccccc4)c4ccc(-c5ccc(N(c6ccccc6)c6ccc(N(c7ccccc7)c7ccc(-c8ccc(C)s8)cc7)cc6)cc5)cc4)cc3)cc2)s1. The van der Waals surface area contributed by atoms with Gasteiger partial charge < -0.3 is 19.6 Å². The monoisotopic (exact) mass is 1010 g/mol. The molecule has 10 aromatic carbocycles. The first-order chi connectivity index (χ1) is 37.5. The lowest BCUT2D eigenvalue weighted by Crippen LogP contribution is -2.12. The Hall–Kier alpha value is -9.20. The van der Waals surface area contributed by atoms with Crippen molar-refractivity contribution in [2.75, 3.05) is 19.6 Å². The van der Waals surface area contributed by atoms with Crippen molar-refractivity contribution in [2.45, 2.75) is 13.8 Å². The van der Waals surface area contributed by atoms with Crippen LogP contribution in [0.5, 0.6) is 0 Å². The Labute approximate surface area is 454 Å². The van der Waals surface area contributed by atoms with Crippen molar-refractivity contribution in [1.82, 2.24) is 0 Å². The molecule has 0 radical (unpaired) electrons. The molecule has 0 amide bonds. The Balaban J connectivity index is 0.812. The molecule has 2 aromatic heterocycles. The maximum absolute atomic E-state index is 2.33. The number of rotatable bonds is 15. The van der Waals surface area contributed by atoms with Crippen molar-refractivity contribution in [3.8, 4) is 32.0 Å². The summed E-state index contributed by atoms with van der Waals surface area (Å²) in [7, 11) is 0. The van der Waals surface area contributed by atoms with Gasteiger partial charge in [0.2, 0.25) is 0 Å². The zero-order valence-corrected chi connectivity index (χ0v) is 44.0. The maximum atomic E-state index is 2.33. The summed E-state index contributed by atoms with van der Waals surface area (Å²) in [6.07, 6.45) is 0. The number of thiophene rings is 2. The van der Waals surface area contributed by atoms with Gasteiger partial charge >= 0.3 is 0 Å². The van der Waals surface area contributed by atoms with Gasteiger partial charge in [-0.2, -0.15) is 0 Å². The normalized spacial score (nSPS) is 11.0. The van der Waals surface area contributed by atoms with Crippen LogP contribution in [0.3, 0.4) is 0 Å². The Bertz CT molecular complexity index is 3530. The first-order valence-corrected chi connectivity index (χ1v) is 27.3. The third-order valence-corrected chi connectivity index (χ3v) is 15.8. The number of hydrogen-bond acceptors (Lipinski definition) is 6. The van der Waals surface area contributed by atoms with E-state index in [4.69, 9.17) is 0 Å². The fourth-order valence-corrected chi connectivity index (χ4v) is 11.7. The highest BCUT2D eigenvalue weighted by molar-refractivity contribution is 7.15. The highest BCUT2D eigenvalue weighted by Crippen LogP contribution is 2.43. The number of benzene rings is 10. The third kappa shape index (κ3) is 10.2. The third-order valence-electron chi connectivity index (χ3n) is 13.7. The molecular weight excluding hydrogens is 961 g/mol. The molecule has 12 rings (SSSR count). The lowest BCUT2D eigenvalue weighted by Gasteiger charge is -2.28. The zero-order valence-electron chi connectivity index (χ0n) is 42.3. The van der Waals surface area contributed by atoms with E-state index in [-0.39, 0.29) is 0 Å². The van der Waals surface area contributed by atoms with Gasteiger partial charge in [-0.25, -0.2) is 0 Å². The minimum absolute atomic E-state index is 1.07. The van der Waals surface area contributed by atoms with Crippen LogP contribution < -0.4 is 19.6 Å². The van der Waals surface area contributed by atoms with Gasteiger partial charge in [0.05, 0.1) is 0 Å². The van der Waals surface area contributed by atoms with Gasteiger partial charge in [-0.1, -0.05) is 121 Å². The van der Waals surface area contributed by atoms with Crippen LogP contribution in [0.2, 0.25) is 0 Å². The average Bonchev–Trinajstić information content (AvgIpc) is 4.14. The predicted molar refractivity (Wildman–Crippen MR) is 327 cm³/mol. The van der Waals surface area contributed by atoms with E-state index in [0.29, 0.717) is 0 Å². The summed E-state index contributed by atoms with van der Waals surface area (Å²) in [6, 6.07) is 105. The molecule has 0 atom stereocenters. The number of anilines is 12. The molecule has 0 saturated heterocycles. The fraction of sp³-hybridized carbons (Fsp3) is 0.0286. The Morgan fingerprint density at radius 3 is 0.566 bits per heavy atom. The molecule has 0 fully saturated rings. The summed E-state index contributed by atoms with van der Waals surface area (Å²) in [5.41, 5.74) is 17.8. The summed E-state index contributed by atoms with van der Waals surface area (Å²) in [5.74, 6) is 0. The first-order valence-electron chi connectivity index (χ1n) is 25.6. The van der Waals surface area contributed by atoms with Crippen LogP contribution in [0.25, 0.3) is 32.0 Å². The van der Waals surface area contributed by atoms with Crippen LogP contribution in [0.4, 0.5) is 68.2 Å². The molecule has 0 spiro atoms. The molecule has 76 heavy (non-hydrogen) atoms. The van der Waals surface area contributed by atoms with Crippen LogP contribution in [0, 0.1) is 13.8 Å². The molecule has 2 heterocycles. The molecule has 0 bridgehead atoms. The minimum Gasteiger partial charge on any atom is -0.311 e. The Kier molecular flexibility index (Phi) is 13.7. The summed E-state index contributed by atoms with van der Waals surface area (Å²) >= 11 is 3.65. The van der Waals surface area contributed by atoms with Crippen LogP contribution >= 0.6 is 22.7 Å². The summed E-state index contributed by atoms with van der Waals surface area (Å²) < 4.78 is 0. The number of para-hydroxylation sites is 4. The van der Waals surface area contributed by atoms with Crippen LogP contribution in [0.15, 0.2) is 291 Å². The molecule has 366 valence electrons. The molecule has 0 aliphatic carbocycles. The quantitative estimate of drug-likeness (QED) is 0.101. The van der Waals surface area contributed by atoms with Crippen molar-refractivity contribution < 1.29 is 0 Å². The van der Waals surface area contributed by atoms with E-state index in [1.807, 2.05) is 22.7 Å². The molecule has 0 N–H and O–H groups in total. The second-order valence-corrected chi connectivity index (χ2v) is 21.3. The smallest absolute Gasteiger partial charge is 0.0463 e. The van der Waals surface area contributed by atoms with Gasteiger partial charge in [-0.3, -0.25) is 0 Å². The van der Waals surface area contributed by atoms with E-state index in [2.05, 4.69) is 325 Å². The van der Waals surface area contributed by atoms with E-state index in [1.54, 1.807) is 0 Å². The van der Waals surface area contributed by atoms with Crippen molar-refractivity contribution in [1.29, 1.82) is 0 Å². The van der Waals surface area contributed by atoms with Crippen LogP contribution in [-0.2, 0) is 0 Å². The molecule has 0 aliphatic heterocycles. The second kappa shape index (κ2) is 21.7. The van der Waals surface area contributed by atoms with Gasteiger partial charge in [0.25, 0.3) is 0 Å². The molecule has 0 aliphatic rings. The maximum Gasteiger partial charge on any atom is 0.0463 e. The lowest BCUT2D eigenvalue weighted by molar-refractivity contribution is 1.25. The summed E-state index contributed by atoms with van der Waals surface area (Å²) in [5, 5.41) is 0. The van der Waals surface area contributed by atoms with E-state index in [9.17, 15) is 0 Å². The van der Waals surface area contributed by atoms with E-state index in [0.717, 1.165) is 79.4 Å². The number of aryl methyl sites for hydroxylation is 2. The van der Waals surface area contributed by atoms with Crippen LogP contribution in [-0.4, -0.2) is 0 Å². The minimum atomic E-state index is 1.07. The molecule has 0 saturated carbocycles. The molecule has 6 heteroatoms. The Morgan fingerprint density at radius 1 is 0.184 bits per heavy atom. The highest BCUT2D eigenvalue weighted by atomic mass is 32.1. The highest BCUT2D eigenvalue weighted by Gasteiger charge is 2.19. The van der Waals surface area contributed by atoms with Gasteiger partial charge in [-0.15, -0.1) is 22.7 Å². The Morgan fingerprint density at radius 2 is 0.368 bits per heavy atom. The van der Waals surface area contributed by atoms with Crippen LogP contribution in [0.1, 0.15) is 9.75 Å². The fourth-order valence-electron chi connectivity index (χ4n) is 9.93. The molecular formula is C70H54N4S2. The van der Waals surface area contributed by atoms with Crippen molar-refractivity contribution in [3.05, 3.63) is 301 Å². The van der Waals surface area contributed by atoms with E-state index in [1.165, 1.54) is 30.6 Å². The number of hydrogen-bond donors (Lipinski definition) is 0. The van der Waals surface area contributed by atoms with Gasteiger partial charge in [0.1, 0.15) is 0 Å². The van der Waals surface area contributed by atoms with Crippen molar-refractivity contribution in [2.24, 2.45) is 0 Å². The number of nitrogens with zero attached hydrogens (tertiary/aromatic N) is 4. The van der Waals surface area contributed by atoms with E-state index >= 15 is 0 Å². The largest absolute Gasteiger partial charge is 0.311 e. The summed E-state index contributed by atoms with van der Waals surface area (Å²) in [4.78, 5) is 14.5. The van der Waals surface area contributed by atoms with E-state index < -0.39 is 0 Å². The lowest BCUT2D eigenvalue weighted by atomic mass is 10.0. The molecule has 4 nitrogen and oxygen atoms in total. The molecule has 0 unspecified atom stereocenters. The first kappa shape index (κ1) is 47.8. The summed E-state index contributed by atoms with van der Waals surface area (Å²) in [6.45, 7) is 4.32. The topological polar surface area (TPSA) is 13.0 Å². The second-order valence-electron chi connectivity index (χ2n) is 18.7. The average molecular weight is 1020 g/mol. The standard InChI is InChI=1S/C70H54N4S2/c1-51-23-49-69(75-51)55-29-37-63(38-30-55)73(59-19-11-5-12-20-59)67-45-41-65(42-46-67)71(57-15-7-3-8-16-57)61-33-25-53(26-34-61)54-27-35-62(36-28-54)72(58-17-9-4-10-18-58)66-43-47-68(48-44-66)74(60-21-13-6-14-22-60)64-39-31-56(32-40-64)70-50-24-52(2)76-70/h3-50H,1-2H3. The van der Waals surface area contributed by atoms with Crippen molar-refractivity contribution in [3.63, 3.8) is 0 Å². The molecule has 12 aromatic rings. The predicted octanol–water partition coefficient (Wildman–Crippen LogP) is 21.3. The van der Waals surface area contributed by atoms with Gasteiger partial charge in [0.15, 0.2) is 0 Å². The van der Waals surface area contributed by atoms with Gasteiger partial charge in [-0.05, 0) is 206 Å².